The molecule has 1 N–H and O–H groups in total. The van der Waals surface area contributed by atoms with Crippen LogP contribution >= 0.6 is 27.7 Å². The van der Waals surface area contributed by atoms with Gasteiger partial charge in [0.2, 0.25) is 0 Å². The number of halogens is 1. The lowest BCUT2D eigenvalue weighted by atomic mass is 10.1. The Bertz CT molecular complexity index is 525. The van der Waals surface area contributed by atoms with Gasteiger partial charge in [0.05, 0.1) is 0 Å². The fraction of sp³-hybridized carbons (Fsp3) is 0.250. The van der Waals surface area contributed by atoms with E-state index in [4.69, 9.17) is 0 Å². The van der Waals surface area contributed by atoms with E-state index in [2.05, 4.69) is 76.7 Å². The summed E-state index contributed by atoms with van der Waals surface area (Å²) in [6.07, 6.45) is 0. The minimum atomic E-state index is 0.383. The van der Waals surface area contributed by atoms with Crippen molar-refractivity contribution in [2.24, 2.45) is 0 Å². The third-order valence-electron chi connectivity index (χ3n) is 3.02. The van der Waals surface area contributed by atoms with Gasteiger partial charge in [0.1, 0.15) is 0 Å². The summed E-state index contributed by atoms with van der Waals surface area (Å²) in [7, 11) is 2.02. The molecule has 2 rings (SSSR count). The van der Waals surface area contributed by atoms with E-state index in [1.54, 1.807) is 0 Å². The summed E-state index contributed by atoms with van der Waals surface area (Å²) in [6, 6.07) is 17.6. The minimum absolute atomic E-state index is 0.383. The van der Waals surface area contributed by atoms with Crippen LogP contribution in [0.3, 0.4) is 0 Å². The Labute approximate surface area is 127 Å². The third-order valence-corrected chi connectivity index (χ3v) is 4.66. The van der Waals surface area contributed by atoms with Crippen molar-refractivity contribution in [3.8, 4) is 0 Å². The maximum absolute atomic E-state index is 3.46. The van der Waals surface area contributed by atoms with E-state index in [1.807, 2.05) is 18.8 Å². The predicted octanol–water partition coefficient (Wildman–Crippen LogP) is 4.81. The fourth-order valence-electron chi connectivity index (χ4n) is 1.94. The van der Waals surface area contributed by atoms with E-state index in [0.29, 0.717) is 6.04 Å². The van der Waals surface area contributed by atoms with Gasteiger partial charge >= 0.3 is 0 Å². The van der Waals surface area contributed by atoms with Crippen LogP contribution in [0.25, 0.3) is 0 Å². The van der Waals surface area contributed by atoms with E-state index >= 15 is 0 Å². The van der Waals surface area contributed by atoms with Gasteiger partial charge in [-0.3, -0.25) is 0 Å². The van der Waals surface area contributed by atoms with Crippen molar-refractivity contribution >= 4 is 27.7 Å². The molecule has 0 radical (unpaired) electrons. The second-order valence-corrected chi connectivity index (χ2v) is 6.53. The van der Waals surface area contributed by atoms with Crippen LogP contribution < -0.4 is 5.32 Å². The Balaban J connectivity index is 2.01. The van der Waals surface area contributed by atoms with Gasteiger partial charge in [0.15, 0.2) is 0 Å². The van der Waals surface area contributed by atoms with Gasteiger partial charge in [-0.1, -0.05) is 45.8 Å². The minimum Gasteiger partial charge on any atom is -0.312 e. The summed E-state index contributed by atoms with van der Waals surface area (Å²) in [4.78, 5) is 1.30. The molecule has 2 aromatic rings. The second kappa shape index (κ2) is 7.13. The molecule has 0 aliphatic heterocycles. The number of aryl methyl sites for hydroxylation is 1. The summed E-state index contributed by atoms with van der Waals surface area (Å²) >= 11 is 5.34. The molecule has 0 fully saturated rings. The molecule has 1 unspecified atom stereocenters. The van der Waals surface area contributed by atoms with Crippen molar-refractivity contribution in [1.29, 1.82) is 0 Å². The van der Waals surface area contributed by atoms with Crippen molar-refractivity contribution in [3.05, 3.63) is 64.1 Å². The molecule has 1 atom stereocenters. The lowest BCUT2D eigenvalue weighted by molar-refractivity contribution is 0.661. The highest BCUT2D eigenvalue weighted by Gasteiger charge is 2.09. The first kappa shape index (κ1) is 14.6. The van der Waals surface area contributed by atoms with Gasteiger partial charge in [0.25, 0.3) is 0 Å². The first-order valence-corrected chi connectivity index (χ1v) is 8.09. The number of thioether (sulfide) groups is 1. The van der Waals surface area contributed by atoms with Gasteiger partial charge in [-0.05, 0) is 43.8 Å². The molecule has 0 bridgehead atoms. The smallest absolute Gasteiger partial charge is 0.0413 e. The Morgan fingerprint density at radius 2 is 1.89 bits per heavy atom. The highest BCUT2D eigenvalue weighted by Crippen LogP contribution is 2.26. The lowest BCUT2D eigenvalue weighted by Gasteiger charge is -2.16. The molecule has 0 aliphatic rings. The summed E-state index contributed by atoms with van der Waals surface area (Å²) in [5.41, 5.74) is 2.67. The zero-order valence-corrected chi connectivity index (χ0v) is 13.6. The highest BCUT2D eigenvalue weighted by molar-refractivity contribution is 9.10. The Morgan fingerprint density at radius 1 is 1.16 bits per heavy atom. The van der Waals surface area contributed by atoms with Crippen LogP contribution in [0.1, 0.15) is 17.2 Å². The molecule has 3 heteroatoms. The van der Waals surface area contributed by atoms with Crippen LogP contribution in [-0.4, -0.2) is 12.8 Å². The molecular weight excluding hydrogens is 318 g/mol. The van der Waals surface area contributed by atoms with Crippen LogP contribution in [0.5, 0.6) is 0 Å². The van der Waals surface area contributed by atoms with Crippen LogP contribution in [0.2, 0.25) is 0 Å². The normalized spacial score (nSPS) is 12.4. The van der Waals surface area contributed by atoms with Crippen LogP contribution in [-0.2, 0) is 0 Å². The summed E-state index contributed by atoms with van der Waals surface area (Å²) in [5, 5.41) is 3.40. The number of benzene rings is 2. The molecular formula is C16H18BrNS. The van der Waals surface area contributed by atoms with E-state index < -0.39 is 0 Å². The maximum Gasteiger partial charge on any atom is 0.0413 e. The molecule has 0 spiro atoms. The highest BCUT2D eigenvalue weighted by atomic mass is 79.9. The molecule has 1 nitrogen and oxygen atoms in total. The Kier molecular flexibility index (Phi) is 5.49. The monoisotopic (exact) mass is 335 g/mol. The number of nitrogens with one attached hydrogen (secondary N) is 1. The average molecular weight is 336 g/mol. The lowest BCUT2D eigenvalue weighted by Crippen LogP contribution is -2.18. The van der Waals surface area contributed by atoms with Crippen molar-refractivity contribution < 1.29 is 0 Å². The fourth-order valence-corrected chi connectivity index (χ4v) is 3.25. The van der Waals surface area contributed by atoms with Crippen LogP contribution in [0.15, 0.2) is 57.9 Å². The molecule has 19 heavy (non-hydrogen) atoms. The molecule has 0 saturated carbocycles. The van der Waals surface area contributed by atoms with Crippen molar-refractivity contribution in [1.82, 2.24) is 5.32 Å². The van der Waals surface area contributed by atoms with Gasteiger partial charge in [-0.15, -0.1) is 11.8 Å². The molecule has 0 heterocycles. The molecule has 0 aromatic heterocycles. The molecule has 0 saturated heterocycles. The van der Waals surface area contributed by atoms with Gasteiger partial charge in [-0.25, -0.2) is 0 Å². The predicted molar refractivity (Wildman–Crippen MR) is 87.8 cm³/mol. The Hall–Kier alpha value is -0.770. The van der Waals surface area contributed by atoms with Crippen molar-refractivity contribution in [2.75, 3.05) is 12.8 Å². The van der Waals surface area contributed by atoms with E-state index in [0.717, 1.165) is 10.2 Å². The zero-order valence-electron chi connectivity index (χ0n) is 11.2. The molecule has 100 valence electrons. The van der Waals surface area contributed by atoms with E-state index in [1.165, 1.54) is 16.0 Å². The SMILES string of the molecule is CNC(CSc1ccc(Br)cc1)c1cccc(C)c1. The molecule has 2 aromatic carbocycles. The summed E-state index contributed by atoms with van der Waals surface area (Å²) < 4.78 is 1.13. The van der Waals surface area contributed by atoms with Crippen molar-refractivity contribution in [2.45, 2.75) is 17.9 Å². The zero-order chi connectivity index (χ0) is 13.7. The number of hydrogen-bond donors (Lipinski definition) is 1. The topological polar surface area (TPSA) is 12.0 Å². The van der Waals surface area contributed by atoms with E-state index in [-0.39, 0.29) is 0 Å². The third kappa shape index (κ3) is 4.37. The standard InChI is InChI=1S/C16H18BrNS/c1-12-4-3-5-13(10-12)16(18-2)11-19-15-8-6-14(17)7-9-15/h3-10,16,18H,11H2,1-2H3. The second-order valence-electron chi connectivity index (χ2n) is 4.52. The molecule has 0 amide bonds. The first-order valence-electron chi connectivity index (χ1n) is 6.31. The summed E-state index contributed by atoms with van der Waals surface area (Å²) in [5.74, 6) is 1.03. The number of hydrogen-bond acceptors (Lipinski definition) is 2. The van der Waals surface area contributed by atoms with Crippen molar-refractivity contribution in [3.63, 3.8) is 0 Å². The van der Waals surface area contributed by atoms with Gasteiger partial charge in [0, 0.05) is 21.2 Å². The number of rotatable bonds is 5. The molecule has 0 aliphatic carbocycles. The van der Waals surface area contributed by atoms with Crippen LogP contribution in [0.4, 0.5) is 0 Å². The quantitative estimate of drug-likeness (QED) is 0.787. The van der Waals surface area contributed by atoms with Crippen LogP contribution in [0, 0.1) is 6.92 Å². The largest absolute Gasteiger partial charge is 0.312 e. The average Bonchev–Trinajstić information content (AvgIpc) is 2.42. The van der Waals surface area contributed by atoms with E-state index in [9.17, 15) is 0 Å². The summed E-state index contributed by atoms with van der Waals surface area (Å²) in [6.45, 7) is 2.14. The van der Waals surface area contributed by atoms with Gasteiger partial charge < -0.3 is 5.32 Å². The van der Waals surface area contributed by atoms with Gasteiger partial charge in [-0.2, -0.15) is 0 Å². The first-order chi connectivity index (χ1) is 9.19. The Morgan fingerprint density at radius 3 is 2.53 bits per heavy atom. The maximum atomic E-state index is 3.46.